The summed E-state index contributed by atoms with van der Waals surface area (Å²) < 4.78 is 125. The van der Waals surface area contributed by atoms with Crippen LogP contribution in [-0.4, -0.2) is 398 Å². The number of aliphatic hydroxyl groups is 19. The molecular weight excluding hydrogens is 1380 g/mol. The van der Waals surface area contributed by atoms with Crippen molar-refractivity contribution in [3.05, 3.63) is 36.4 Å². The van der Waals surface area contributed by atoms with Crippen molar-refractivity contribution in [3.63, 3.8) is 0 Å². The second-order valence-corrected chi connectivity index (χ2v) is 27.2. The second kappa shape index (κ2) is 31.6. The van der Waals surface area contributed by atoms with E-state index in [0.717, 1.165) is 0 Å². The topological polar surface area (TPSA) is 599 Å². The number of hydrogen-bond acceptors (Lipinski definition) is 40. The molecule has 0 saturated carbocycles. The van der Waals surface area contributed by atoms with Crippen LogP contribution in [-0.2, 0) is 90.6 Å². The van der Waals surface area contributed by atoms with Crippen LogP contribution in [0, 0.1) is 0 Å². The Balaban J connectivity index is 0.942. The normalized spacial score (nSPS) is 47.5. The van der Waals surface area contributed by atoms with Gasteiger partial charge in [-0.2, -0.15) is 4.72 Å². The van der Waals surface area contributed by atoms with E-state index < -0.39 is 288 Å². The molecular formula is C57H82N2O38S2. The van der Waals surface area contributed by atoms with Gasteiger partial charge >= 0.3 is 5.97 Å². The summed E-state index contributed by atoms with van der Waals surface area (Å²) in [5.41, 5.74) is 0.598. The maximum absolute atomic E-state index is 14.6. The molecule has 0 spiro atoms. The Morgan fingerprint density at radius 3 is 1.11 bits per heavy atom. The number of carbonyl (C=O) groups excluding carboxylic acids is 1. The first-order valence-electron chi connectivity index (χ1n) is 31.3. The van der Waals surface area contributed by atoms with Crippen LogP contribution in [0.25, 0.3) is 10.8 Å². The molecule has 0 aromatic heterocycles. The minimum Gasteiger partial charge on any atom is -0.482 e. The van der Waals surface area contributed by atoms with Crippen LogP contribution in [0.3, 0.4) is 0 Å². The molecule has 0 aliphatic carbocycles. The minimum absolute atomic E-state index is 0.182. The van der Waals surface area contributed by atoms with Crippen molar-refractivity contribution in [1.82, 2.24) is 4.72 Å². The van der Waals surface area contributed by atoms with Gasteiger partial charge in [-0.05, 0) is 24.4 Å². The summed E-state index contributed by atoms with van der Waals surface area (Å²) in [5.74, 6) is -1.47. The average molecular weight is 1470 g/mol. The van der Waals surface area contributed by atoms with E-state index in [1.54, 1.807) is 37.2 Å². The molecule has 40 nitrogen and oxygen atoms in total. The molecule has 42 heteroatoms. The van der Waals surface area contributed by atoms with E-state index in [1.807, 2.05) is 0 Å². The van der Waals surface area contributed by atoms with Gasteiger partial charge in [-0.3, -0.25) is 4.79 Å². The molecule has 20 N–H and O–H groups in total. The first kappa shape index (κ1) is 76.6. The molecule has 2 aromatic carbocycles. The van der Waals surface area contributed by atoms with Crippen LogP contribution < -0.4 is 9.62 Å². The monoisotopic (exact) mass is 1470 g/mol. The molecule has 36 atom stereocenters. The molecule has 99 heavy (non-hydrogen) atoms. The third kappa shape index (κ3) is 15.1. The van der Waals surface area contributed by atoms with Gasteiger partial charge in [0.15, 0.2) is 61.2 Å². The van der Waals surface area contributed by atoms with Crippen molar-refractivity contribution >= 4 is 49.7 Å². The Labute approximate surface area is 566 Å². The smallest absolute Gasteiger partial charge is 0.327 e. The van der Waals surface area contributed by atoms with Gasteiger partial charge in [-0.1, -0.05) is 24.3 Å². The number of fused-ring (bicyclic) bond motifs is 1. The van der Waals surface area contributed by atoms with Gasteiger partial charge in [-0.15, -0.1) is 0 Å². The third-order valence-electron chi connectivity index (χ3n) is 18.6. The zero-order valence-corrected chi connectivity index (χ0v) is 53.8. The highest BCUT2D eigenvalue weighted by Crippen LogP contribution is 2.40. The largest absolute Gasteiger partial charge is 0.482 e. The van der Waals surface area contributed by atoms with E-state index in [2.05, 4.69) is 4.72 Å². The predicted molar refractivity (Wildman–Crippen MR) is 316 cm³/mol. The summed E-state index contributed by atoms with van der Waals surface area (Å²) in [6.07, 6.45) is -74.9. The number of esters is 1. The summed E-state index contributed by atoms with van der Waals surface area (Å²) >= 11 is 5.63. The van der Waals surface area contributed by atoms with Crippen molar-refractivity contribution in [3.8, 4) is 0 Å². The number of carbonyl (C=O) groups is 1. The second-order valence-electron chi connectivity index (χ2n) is 25.1. The van der Waals surface area contributed by atoms with Crippen LogP contribution in [0.5, 0.6) is 0 Å². The first-order valence-corrected chi connectivity index (χ1v) is 33.2. The molecule has 16 bridgehead atoms. The number of rotatable bonds is 9. The number of hydrogen-bond donors (Lipinski definition) is 20. The van der Waals surface area contributed by atoms with Crippen LogP contribution in [0.15, 0.2) is 41.3 Å². The molecule has 23 rings (SSSR count). The predicted octanol–water partition coefficient (Wildman–Crippen LogP) is -12.7. The number of benzene rings is 2. The Kier molecular flexibility index (Phi) is 24.5. The number of thiocarbonyl (C=S) groups is 1. The molecule has 560 valence electrons. The van der Waals surface area contributed by atoms with Crippen molar-refractivity contribution in [1.29, 1.82) is 0 Å². The summed E-state index contributed by atoms with van der Waals surface area (Å²) in [7, 11) is -1.42. The fourth-order valence-electron chi connectivity index (χ4n) is 13.2. The Hall–Kier alpha value is -3.55. The van der Waals surface area contributed by atoms with Gasteiger partial charge in [0.25, 0.3) is 0 Å². The maximum atomic E-state index is 14.6. The van der Waals surface area contributed by atoms with E-state index in [4.69, 9.17) is 88.0 Å². The zero-order chi connectivity index (χ0) is 71.5. The lowest BCUT2D eigenvalue weighted by Gasteiger charge is -2.50. The molecule has 0 radical (unpaired) electrons. The fourth-order valence-corrected chi connectivity index (χ4v) is 14.8. The highest BCUT2D eigenvalue weighted by atomic mass is 32.2. The quantitative estimate of drug-likeness (QED) is 0.0819. The number of anilines is 1. The highest BCUT2D eigenvalue weighted by Gasteiger charge is 2.60. The van der Waals surface area contributed by atoms with Gasteiger partial charge in [0.2, 0.25) is 10.0 Å². The van der Waals surface area contributed by atoms with E-state index >= 15 is 0 Å². The molecule has 21 saturated heterocycles. The lowest BCUT2D eigenvalue weighted by Crippen LogP contribution is -2.68. The van der Waals surface area contributed by atoms with Crippen molar-refractivity contribution in [2.45, 2.75) is 226 Å². The fraction of sp³-hybridized carbons (Fsp3) is 0.789. The Morgan fingerprint density at radius 1 is 0.404 bits per heavy atom. The average Bonchev–Trinajstić information content (AvgIpc) is 1.71. The standard InChI is InChI=1S/C57H82N2O38S2/c1-59(2)19-7-3-6-17-16(19)5-4-8-26(17)99(80,81)58-18-14-83-57(98)48-47-33(71)40(78)56(97-48)94-45-24(13-64)87-53(37(75)31(45)69)92-43-22(11-62)85-51(35(73)29(43)67)90-41-20(9-60)84-50(34(72)27(41)65)91-42-21(10-61)86-52(36(74)28(42)66)93-44-23(12-63)88-54(38(76)30(44)68)95-46-25(15-82-49(18)79)89-55(96-47)39(77)32(46)70/h3-8,18,20-25,27-48,50-56,58,60-78H,9-15H2,1-2H3/t18-,20-,21-,22-,23-,24-,25-,27-,28-,29-,30-,31-,32-,33-,34-,35-,36-,37-,38-,39-,40-,41-,42-,43-,44-,45-,46-,47+,48+,50-,51-,52-,53-,54-,55-,56+/m1/s1. The summed E-state index contributed by atoms with van der Waals surface area (Å²) in [5, 5.41) is 216. The number of cyclic esters (lactones) is 1. The zero-order valence-electron chi connectivity index (χ0n) is 52.2. The van der Waals surface area contributed by atoms with Crippen molar-refractivity contribution in [2.75, 3.05) is 65.2 Å². The van der Waals surface area contributed by atoms with Gasteiger partial charge in [0.1, 0.15) is 178 Å². The van der Waals surface area contributed by atoms with Crippen molar-refractivity contribution < 1.29 is 186 Å². The first-order chi connectivity index (χ1) is 47.0. The van der Waals surface area contributed by atoms with Gasteiger partial charge in [0.05, 0.1) is 37.9 Å². The van der Waals surface area contributed by atoms with Gasteiger partial charge in [0, 0.05) is 30.6 Å². The van der Waals surface area contributed by atoms with Gasteiger partial charge < -0.3 is 178 Å². The van der Waals surface area contributed by atoms with Crippen LogP contribution >= 0.6 is 12.2 Å². The highest BCUT2D eigenvalue weighted by molar-refractivity contribution is 7.89. The number of nitrogens with one attached hydrogen (secondary N) is 1. The number of nitrogens with zero attached hydrogens (tertiary/aromatic N) is 1. The van der Waals surface area contributed by atoms with Crippen LogP contribution in [0.2, 0.25) is 0 Å². The minimum atomic E-state index is -4.86. The summed E-state index contributed by atoms with van der Waals surface area (Å²) in [6, 6.07) is 6.98. The number of aliphatic hydroxyl groups excluding tert-OH is 19. The Morgan fingerprint density at radius 2 is 0.727 bits per heavy atom. The third-order valence-corrected chi connectivity index (χ3v) is 20.4. The van der Waals surface area contributed by atoms with E-state index in [-0.39, 0.29) is 10.3 Å². The molecule has 0 unspecified atom stereocenters. The lowest BCUT2D eigenvalue weighted by atomic mass is 9.95. The van der Waals surface area contributed by atoms with Crippen LogP contribution in [0.4, 0.5) is 5.69 Å². The summed E-state index contributed by atoms with van der Waals surface area (Å²) in [4.78, 5) is 15.9. The molecule has 2 aromatic rings. The molecule has 21 fully saturated rings. The van der Waals surface area contributed by atoms with Crippen molar-refractivity contribution in [2.24, 2.45) is 0 Å². The van der Waals surface area contributed by atoms with E-state index in [9.17, 15) is 110 Å². The number of sulfonamides is 1. The number of ether oxygens (including phenoxy) is 16. The molecule has 21 aliphatic heterocycles. The molecule has 0 amide bonds. The van der Waals surface area contributed by atoms with Crippen LogP contribution in [0.1, 0.15) is 0 Å². The molecule has 21 aliphatic rings. The van der Waals surface area contributed by atoms with E-state index in [0.29, 0.717) is 11.1 Å². The summed E-state index contributed by atoms with van der Waals surface area (Å²) in [6.45, 7) is -7.78. The Bertz CT molecular complexity index is 3160. The molecule has 21 heterocycles. The SMILES string of the molecule is CN(C)c1cccc2c(S(=O)(=O)N[C@@H]3COC(=S)[C@H]4O[C@@H]5O[C@H]6[C@H](O)[C@@H](O)[C@@H](O[C@H]7[C@H](O)[C@@H](O)[C@@H](O[C@H]8[C@H](O)[C@@H](O)[C@@H](O[C@H]9[C@H](O)[C@@H](O)[C@@H](O[C@H]%10[C@H](O)[C@@H](O)[C@@H](O[C@H]%11[C@H](O)[C@@H](O)[C@@H](O[C@H]4[C@H](O)[C@H]5O)O[C@@H]%11COC3=O)O[C@@H]%10CO)O[C@@H]9CO)O[C@@H]8CO)O[C@@H]7CO)O[C@@H]6CO)cccc12. The van der Waals surface area contributed by atoms with Gasteiger partial charge in [-0.25, -0.2) is 8.42 Å². The lowest BCUT2D eigenvalue weighted by molar-refractivity contribution is -0.396. The maximum Gasteiger partial charge on any atom is 0.327 e. The van der Waals surface area contributed by atoms with E-state index in [1.165, 1.54) is 18.2 Å².